The maximum Gasteiger partial charge on any atom is 0.254 e. The Morgan fingerprint density at radius 3 is 3.19 bits per heavy atom. The van der Waals surface area contributed by atoms with E-state index in [1.807, 2.05) is 17.5 Å². The first kappa shape index (κ1) is 11.1. The van der Waals surface area contributed by atoms with Crippen molar-refractivity contribution in [3.8, 4) is 0 Å². The Morgan fingerprint density at radius 1 is 1.62 bits per heavy atom. The highest BCUT2D eigenvalue weighted by Gasteiger charge is 2.29. The highest BCUT2D eigenvalue weighted by Crippen LogP contribution is 2.21. The summed E-state index contributed by atoms with van der Waals surface area (Å²) >= 11 is 1.55. The summed E-state index contributed by atoms with van der Waals surface area (Å²) in [4.78, 5) is 16.8. The fourth-order valence-corrected chi connectivity index (χ4v) is 2.19. The van der Waals surface area contributed by atoms with Gasteiger partial charge in [0.15, 0.2) is 5.96 Å². The van der Waals surface area contributed by atoms with Crippen molar-refractivity contribution in [2.75, 3.05) is 20.3 Å². The van der Waals surface area contributed by atoms with E-state index in [9.17, 15) is 4.79 Å². The van der Waals surface area contributed by atoms with Crippen LogP contribution in [0.1, 0.15) is 10.9 Å². The highest BCUT2D eigenvalue weighted by molar-refractivity contribution is 7.10. The van der Waals surface area contributed by atoms with E-state index in [4.69, 9.17) is 4.74 Å². The van der Waals surface area contributed by atoms with Crippen molar-refractivity contribution >= 4 is 23.2 Å². The van der Waals surface area contributed by atoms with Crippen LogP contribution in [0, 0.1) is 0 Å². The number of aliphatic imine (C=N–C) groups is 1. The number of nitrogens with one attached hydrogen (secondary N) is 2. The Bertz CT molecular complexity index is 389. The molecular weight excluding hydrogens is 226 g/mol. The van der Waals surface area contributed by atoms with E-state index >= 15 is 0 Å². The number of nitrogens with zero attached hydrogens (tertiary/aromatic N) is 1. The maximum absolute atomic E-state index is 11.6. The molecule has 1 aromatic rings. The maximum atomic E-state index is 11.6. The lowest BCUT2D eigenvalue weighted by atomic mass is 10.2. The Kier molecular flexibility index (Phi) is 3.53. The average Bonchev–Trinajstić information content (AvgIpc) is 2.87. The molecule has 2 rings (SSSR count). The Morgan fingerprint density at radius 2 is 2.50 bits per heavy atom. The summed E-state index contributed by atoms with van der Waals surface area (Å²) in [6.45, 7) is 1.08. The van der Waals surface area contributed by atoms with Gasteiger partial charge in [-0.25, -0.2) is 0 Å². The second kappa shape index (κ2) is 5.09. The molecule has 1 aromatic heterocycles. The van der Waals surface area contributed by atoms with Crippen LogP contribution in [0.5, 0.6) is 0 Å². The second-order valence-corrected chi connectivity index (χ2v) is 4.28. The molecule has 1 fully saturated rings. The zero-order chi connectivity index (χ0) is 11.4. The zero-order valence-electron chi connectivity index (χ0n) is 8.90. The quantitative estimate of drug-likeness (QED) is 0.753. The van der Waals surface area contributed by atoms with Crippen molar-refractivity contribution in [2.24, 2.45) is 4.99 Å². The molecule has 1 aliphatic rings. The van der Waals surface area contributed by atoms with Crippen LogP contribution in [0.3, 0.4) is 0 Å². The first-order valence-electron chi connectivity index (χ1n) is 4.95. The summed E-state index contributed by atoms with van der Waals surface area (Å²) in [6, 6.07) is 3.55. The van der Waals surface area contributed by atoms with Crippen LogP contribution in [-0.2, 0) is 9.53 Å². The molecule has 2 heterocycles. The molecular formula is C10H13N3O2S. The molecule has 1 amide bonds. The third kappa shape index (κ3) is 2.40. The minimum Gasteiger partial charge on any atom is -0.383 e. The number of thiophene rings is 1. The first-order chi connectivity index (χ1) is 7.81. The van der Waals surface area contributed by atoms with Gasteiger partial charge in [0.05, 0.1) is 13.2 Å². The minimum absolute atomic E-state index is 0.0568. The lowest BCUT2D eigenvalue weighted by Crippen LogP contribution is -2.26. The molecule has 0 aromatic carbocycles. The Hall–Kier alpha value is -1.40. The molecule has 0 spiro atoms. The number of ether oxygens (including phenoxy) is 1. The van der Waals surface area contributed by atoms with Crippen LogP contribution >= 0.6 is 11.3 Å². The number of amides is 1. The smallest absolute Gasteiger partial charge is 0.254 e. The standard InChI is InChI=1S/C10H13N3O2S/c1-15-5-4-11-10-12-8(9(14)13-10)7-3-2-6-16-7/h2-3,6,8H,4-5H2,1H3,(H2,11,12,13,14). The number of guanidine groups is 1. The number of carbonyl (C=O) groups excluding carboxylic acids is 1. The van der Waals surface area contributed by atoms with E-state index in [1.165, 1.54) is 0 Å². The third-order valence-electron chi connectivity index (χ3n) is 2.18. The molecule has 0 aliphatic carbocycles. The van der Waals surface area contributed by atoms with Gasteiger partial charge in [-0.3, -0.25) is 15.1 Å². The molecule has 1 atom stereocenters. The predicted octanol–water partition coefficient (Wildman–Crippen LogP) is 0.511. The molecule has 0 radical (unpaired) electrons. The summed E-state index contributed by atoms with van der Waals surface area (Å²) in [6.07, 6.45) is 0. The van der Waals surface area contributed by atoms with Crippen LogP contribution in [0.25, 0.3) is 0 Å². The highest BCUT2D eigenvalue weighted by atomic mass is 32.1. The Balaban J connectivity index is 1.99. The van der Waals surface area contributed by atoms with E-state index in [2.05, 4.69) is 15.6 Å². The Labute approximate surface area is 97.5 Å². The fourth-order valence-electron chi connectivity index (χ4n) is 1.42. The molecule has 6 heteroatoms. The minimum atomic E-state index is -0.304. The molecule has 16 heavy (non-hydrogen) atoms. The molecule has 86 valence electrons. The van der Waals surface area contributed by atoms with Crippen molar-refractivity contribution in [3.63, 3.8) is 0 Å². The number of carbonyl (C=O) groups is 1. The lowest BCUT2D eigenvalue weighted by molar-refractivity contribution is -0.120. The summed E-state index contributed by atoms with van der Waals surface area (Å²) in [5.74, 6) is 0.471. The number of hydrogen-bond donors (Lipinski definition) is 2. The summed E-state index contributed by atoms with van der Waals surface area (Å²) in [5.41, 5.74) is 0. The van der Waals surface area contributed by atoms with Gasteiger partial charge < -0.3 is 10.1 Å². The molecule has 0 bridgehead atoms. The van der Waals surface area contributed by atoms with Gasteiger partial charge in [0.25, 0.3) is 5.91 Å². The third-order valence-corrected chi connectivity index (χ3v) is 3.12. The van der Waals surface area contributed by atoms with Crippen molar-refractivity contribution in [3.05, 3.63) is 22.4 Å². The monoisotopic (exact) mass is 239 g/mol. The van der Waals surface area contributed by atoms with Gasteiger partial charge in [0.2, 0.25) is 0 Å². The van der Waals surface area contributed by atoms with Gasteiger partial charge in [0, 0.05) is 12.0 Å². The zero-order valence-corrected chi connectivity index (χ0v) is 9.71. The van der Waals surface area contributed by atoms with Crippen molar-refractivity contribution < 1.29 is 9.53 Å². The summed E-state index contributed by atoms with van der Waals surface area (Å²) < 4.78 is 4.88. The average molecular weight is 239 g/mol. The summed E-state index contributed by atoms with van der Waals surface area (Å²) in [7, 11) is 1.62. The van der Waals surface area contributed by atoms with Crippen LogP contribution < -0.4 is 10.6 Å². The van der Waals surface area contributed by atoms with Gasteiger partial charge in [-0.2, -0.15) is 0 Å². The largest absolute Gasteiger partial charge is 0.383 e. The predicted molar refractivity (Wildman–Crippen MR) is 62.5 cm³/mol. The lowest BCUT2D eigenvalue weighted by Gasteiger charge is -2.03. The SMILES string of the molecule is COCCN=C1NC(=O)C(c2cccs2)N1. The van der Waals surface area contributed by atoms with Crippen molar-refractivity contribution in [1.82, 2.24) is 10.6 Å². The van der Waals surface area contributed by atoms with Gasteiger partial charge in [-0.05, 0) is 11.4 Å². The molecule has 1 aliphatic heterocycles. The number of methoxy groups -OCH3 is 1. The van der Waals surface area contributed by atoms with Crippen LogP contribution in [0.15, 0.2) is 22.5 Å². The van der Waals surface area contributed by atoms with Crippen LogP contribution in [0.2, 0.25) is 0 Å². The van der Waals surface area contributed by atoms with E-state index in [-0.39, 0.29) is 11.9 Å². The topological polar surface area (TPSA) is 62.7 Å². The molecule has 1 saturated heterocycles. The van der Waals surface area contributed by atoms with Crippen LogP contribution in [0.4, 0.5) is 0 Å². The fraction of sp³-hybridized carbons (Fsp3) is 0.400. The number of hydrogen-bond acceptors (Lipinski definition) is 4. The van der Waals surface area contributed by atoms with Crippen LogP contribution in [-0.4, -0.2) is 32.1 Å². The summed E-state index contributed by atoms with van der Waals surface area (Å²) in [5, 5.41) is 7.70. The van der Waals surface area contributed by atoms with E-state index in [0.29, 0.717) is 19.1 Å². The molecule has 5 nitrogen and oxygen atoms in total. The van der Waals surface area contributed by atoms with Crippen molar-refractivity contribution in [2.45, 2.75) is 6.04 Å². The molecule has 0 saturated carbocycles. The second-order valence-electron chi connectivity index (χ2n) is 3.31. The van der Waals surface area contributed by atoms with Gasteiger partial charge in [0.1, 0.15) is 6.04 Å². The number of rotatable bonds is 4. The van der Waals surface area contributed by atoms with Gasteiger partial charge in [-0.1, -0.05) is 6.07 Å². The molecule has 1 unspecified atom stereocenters. The van der Waals surface area contributed by atoms with E-state index < -0.39 is 0 Å². The van der Waals surface area contributed by atoms with E-state index in [0.717, 1.165) is 4.88 Å². The van der Waals surface area contributed by atoms with Gasteiger partial charge in [-0.15, -0.1) is 11.3 Å². The van der Waals surface area contributed by atoms with Gasteiger partial charge >= 0.3 is 0 Å². The normalized spacial score (nSPS) is 22.2. The first-order valence-corrected chi connectivity index (χ1v) is 5.83. The molecule has 2 N–H and O–H groups in total. The van der Waals surface area contributed by atoms with Crippen molar-refractivity contribution in [1.29, 1.82) is 0 Å². The van der Waals surface area contributed by atoms with E-state index in [1.54, 1.807) is 18.4 Å².